The van der Waals surface area contributed by atoms with E-state index in [4.69, 9.17) is 11.6 Å². The molecule has 1 aliphatic heterocycles. The quantitative estimate of drug-likeness (QED) is 0.844. The number of sulfonamides is 1. The molecule has 1 aliphatic rings. The molecular weight excluding hydrogens is 300 g/mol. The zero-order valence-corrected chi connectivity index (χ0v) is 12.6. The highest BCUT2D eigenvalue weighted by atomic mass is 35.5. The van der Waals surface area contributed by atoms with Crippen molar-refractivity contribution in [3.05, 3.63) is 29.8 Å². The summed E-state index contributed by atoms with van der Waals surface area (Å²) < 4.78 is 25.5. The molecule has 1 N–H and O–H groups in total. The van der Waals surface area contributed by atoms with Crippen LogP contribution in [0.4, 0.5) is 5.69 Å². The second kappa shape index (κ2) is 6.45. The maximum atomic E-state index is 12.1. The molecule has 0 spiro atoms. The SMILES string of the molecule is O=C(c1ccc(NS(=O)(=O)CCCl)cc1)N1CCCC1. The lowest BCUT2D eigenvalue weighted by atomic mass is 10.2. The van der Waals surface area contributed by atoms with Crippen molar-refractivity contribution in [1.29, 1.82) is 0 Å². The van der Waals surface area contributed by atoms with E-state index in [1.54, 1.807) is 24.3 Å². The van der Waals surface area contributed by atoms with E-state index in [9.17, 15) is 13.2 Å². The average Bonchev–Trinajstić information content (AvgIpc) is 2.92. The standard InChI is InChI=1S/C13H17ClN2O3S/c14-7-10-20(18,19)15-12-5-3-11(4-6-12)13(17)16-8-1-2-9-16/h3-6,15H,1-2,7-10H2. The van der Waals surface area contributed by atoms with E-state index in [2.05, 4.69) is 4.72 Å². The number of hydrogen-bond donors (Lipinski definition) is 1. The molecule has 0 aliphatic carbocycles. The van der Waals surface area contributed by atoms with Gasteiger partial charge in [-0.2, -0.15) is 0 Å². The number of carbonyl (C=O) groups excluding carboxylic acids is 1. The van der Waals surface area contributed by atoms with Crippen molar-refractivity contribution in [1.82, 2.24) is 4.90 Å². The molecule has 7 heteroatoms. The van der Waals surface area contributed by atoms with Crippen LogP contribution < -0.4 is 4.72 Å². The minimum absolute atomic E-state index is 0.00216. The summed E-state index contributed by atoms with van der Waals surface area (Å²) in [4.78, 5) is 13.9. The molecule has 1 heterocycles. The summed E-state index contributed by atoms with van der Waals surface area (Å²) in [6, 6.07) is 6.46. The maximum absolute atomic E-state index is 12.1. The smallest absolute Gasteiger partial charge is 0.253 e. The Hall–Kier alpha value is -1.27. The van der Waals surface area contributed by atoms with Crippen LogP contribution in [-0.2, 0) is 10.0 Å². The molecule has 1 fully saturated rings. The second-order valence-electron chi connectivity index (χ2n) is 4.69. The fourth-order valence-electron chi connectivity index (χ4n) is 2.12. The first-order chi connectivity index (χ1) is 9.52. The van der Waals surface area contributed by atoms with Crippen molar-refractivity contribution in [3.8, 4) is 0 Å². The topological polar surface area (TPSA) is 66.5 Å². The molecule has 5 nitrogen and oxygen atoms in total. The molecule has 0 saturated carbocycles. The number of alkyl halides is 1. The number of hydrogen-bond acceptors (Lipinski definition) is 3. The lowest BCUT2D eigenvalue weighted by Crippen LogP contribution is -2.27. The highest BCUT2D eigenvalue weighted by Gasteiger charge is 2.19. The Morgan fingerprint density at radius 3 is 2.35 bits per heavy atom. The van der Waals surface area contributed by atoms with Crippen molar-refractivity contribution in [2.24, 2.45) is 0 Å². The van der Waals surface area contributed by atoms with Crippen LogP contribution in [0.3, 0.4) is 0 Å². The largest absolute Gasteiger partial charge is 0.339 e. The number of nitrogens with zero attached hydrogens (tertiary/aromatic N) is 1. The lowest BCUT2D eigenvalue weighted by Gasteiger charge is -2.15. The zero-order chi connectivity index (χ0) is 14.6. The van der Waals surface area contributed by atoms with Gasteiger partial charge in [-0.15, -0.1) is 11.6 Å². The van der Waals surface area contributed by atoms with Crippen molar-refractivity contribution >= 4 is 33.2 Å². The number of halogens is 1. The van der Waals surface area contributed by atoms with E-state index < -0.39 is 10.0 Å². The minimum atomic E-state index is -3.41. The van der Waals surface area contributed by atoms with E-state index in [-0.39, 0.29) is 17.5 Å². The third-order valence-electron chi connectivity index (χ3n) is 3.14. The number of rotatable bonds is 5. The van der Waals surface area contributed by atoms with Crippen LogP contribution in [0.15, 0.2) is 24.3 Å². The van der Waals surface area contributed by atoms with Crippen LogP contribution in [-0.4, -0.2) is 43.9 Å². The Morgan fingerprint density at radius 1 is 1.20 bits per heavy atom. The van der Waals surface area contributed by atoms with E-state index in [1.807, 2.05) is 4.90 Å². The highest BCUT2D eigenvalue weighted by Crippen LogP contribution is 2.16. The summed E-state index contributed by atoms with van der Waals surface area (Å²) >= 11 is 5.42. The summed E-state index contributed by atoms with van der Waals surface area (Å²) in [5, 5.41) is 0. The number of benzene rings is 1. The molecule has 20 heavy (non-hydrogen) atoms. The monoisotopic (exact) mass is 316 g/mol. The highest BCUT2D eigenvalue weighted by molar-refractivity contribution is 7.92. The molecule has 1 saturated heterocycles. The molecule has 0 unspecified atom stereocenters. The van der Waals surface area contributed by atoms with Gasteiger partial charge in [-0.3, -0.25) is 9.52 Å². The second-order valence-corrected chi connectivity index (χ2v) is 6.91. The van der Waals surface area contributed by atoms with E-state index in [0.717, 1.165) is 25.9 Å². The molecule has 0 bridgehead atoms. The van der Waals surface area contributed by atoms with Gasteiger partial charge in [0.2, 0.25) is 10.0 Å². The van der Waals surface area contributed by atoms with Crippen LogP contribution in [0.25, 0.3) is 0 Å². The molecule has 0 aromatic heterocycles. The van der Waals surface area contributed by atoms with Crippen molar-refractivity contribution in [2.45, 2.75) is 12.8 Å². The third-order valence-corrected chi connectivity index (χ3v) is 4.85. The number of amides is 1. The summed E-state index contributed by atoms with van der Waals surface area (Å²) in [5.74, 6) is -0.0955. The number of anilines is 1. The minimum Gasteiger partial charge on any atom is -0.339 e. The Labute approximate surface area is 124 Å². The first-order valence-corrected chi connectivity index (χ1v) is 8.66. The molecule has 0 atom stereocenters. The molecular formula is C13H17ClN2O3S. The van der Waals surface area contributed by atoms with Gasteiger partial charge in [0.05, 0.1) is 5.75 Å². The fourth-order valence-corrected chi connectivity index (χ4v) is 3.53. The van der Waals surface area contributed by atoms with Crippen molar-refractivity contribution in [2.75, 3.05) is 29.4 Å². The fraction of sp³-hybridized carbons (Fsp3) is 0.462. The van der Waals surface area contributed by atoms with Gasteiger partial charge >= 0.3 is 0 Å². The van der Waals surface area contributed by atoms with Gasteiger partial charge in [0.15, 0.2) is 0 Å². The van der Waals surface area contributed by atoms with Gasteiger partial charge in [0, 0.05) is 30.2 Å². The summed E-state index contributed by atoms with van der Waals surface area (Å²) in [5.41, 5.74) is 1.01. The number of nitrogens with one attached hydrogen (secondary N) is 1. The van der Waals surface area contributed by atoms with Crippen LogP contribution >= 0.6 is 11.6 Å². The molecule has 1 aromatic rings. The van der Waals surface area contributed by atoms with Crippen molar-refractivity contribution in [3.63, 3.8) is 0 Å². The predicted molar refractivity (Wildman–Crippen MR) is 79.7 cm³/mol. The first kappa shape index (κ1) is 15.1. The van der Waals surface area contributed by atoms with E-state index >= 15 is 0 Å². The molecule has 0 radical (unpaired) electrons. The average molecular weight is 317 g/mol. The third kappa shape index (κ3) is 3.86. The van der Waals surface area contributed by atoms with Crippen LogP contribution in [0.2, 0.25) is 0 Å². The Balaban J connectivity index is 2.04. The van der Waals surface area contributed by atoms with Crippen LogP contribution in [0.5, 0.6) is 0 Å². The molecule has 1 aromatic carbocycles. The summed E-state index contributed by atoms with van der Waals surface area (Å²) in [7, 11) is -3.41. The Bertz CT molecular complexity index is 566. The molecule has 1 amide bonds. The Morgan fingerprint density at radius 2 is 1.80 bits per heavy atom. The summed E-state index contributed by atoms with van der Waals surface area (Å²) in [6.45, 7) is 1.59. The number of likely N-dealkylation sites (tertiary alicyclic amines) is 1. The van der Waals surface area contributed by atoms with Gasteiger partial charge in [-0.05, 0) is 37.1 Å². The van der Waals surface area contributed by atoms with Crippen LogP contribution in [0, 0.1) is 0 Å². The molecule has 110 valence electrons. The van der Waals surface area contributed by atoms with Gasteiger partial charge in [-0.25, -0.2) is 8.42 Å². The van der Waals surface area contributed by atoms with Gasteiger partial charge in [0.1, 0.15) is 0 Å². The van der Waals surface area contributed by atoms with Gasteiger partial charge < -0.3 is 4.90 Å². The van der Waals surface area contributed by atoms with Gasteiger partial charge in [0.25, 0.3) is 5.91 Å². The first-order valence-electron chi connectivity index (χ1n) is 6.47. The van der Waals surface area contributed by atoms with Gasteiger partial charge in [-0.1, -0.05) is 0 Å². The lowest BCUT2D eigenvalue weighted by molar-refractivity contribution is 0.0793. The molecule has 2 rings (SSSR count). The normalized spacial score (nSPS) is 15.3. The Kier molecular flexibility index (Phi) is 4.88. The van der Waals surface area contributed by atoms with Crippen LogP contribution in [0.1, 0.15) is 23.2 Å². The van der Waals surface area contributed by atoms with E-state index in [1.165, 1.54) is 0 Å². The summed E-state index contributed by atoms with van der Waals surface area (Å²) in [6.07, 6.45) is 2.09. The van der Waals surface area contributed by atoms with E-state index in [0.29, 0.717) is 11.3 Å². The predicted octanol–water partition coefficient (Wildman–Crippen LogP) is 1.90. The number of carbonyl (C=O) groups is 1. The maximum Gasteiger partial charge on any atom is 0.253 e. The van der Waals surface area contributed by atoms with Crippen molar-refractivity contribution < 1.29 is 13.2 Å². The zero-order valence-electron chi connectivity index (χ0n) is 11.0.